The van der Waals surface area contributed by atoms with E-state index in [-0.39, 0.29) is 13.0 Å². The maximum Gasteiger partial charge on any atom is 0.307 e. The van der Waals surface area contributed by atoms with Gasteiger partial charge in [0, 0.05) is 18.4 Å². The largest absolute Gasteiger partial charge is 0.307 e. The van der Waals surface area contributed by atoms with Crippen molar-refractivity contribution in [3.63, 3.8) is 0 Å². The molecule has 1 aliphatic rings. The summed E-state index contributed by atoms with van der Waals surface area (Å²) in [4.78, 5) is 21.2. The van der Waals surface area contributed by atoms with Crippen molar-refractivity contribution in [1.82, 2.24) is 9.97 Å². The average Bonchev–Trinajstić information content (AvgIpc) is 2.80. The lowest BCUT2D eigenvalue weighted by Crippen LogP contribution is -2.28. The lowest BCUT2D eigenvalue weighted by molar-refractivity contribution is -0.117. The van der Waals surface area contributed by atoms with Crippen LogP contribution in [0.1, 0.15) is 6.42 Å². The average molecular weight is 295 g/mol. The fourth-order valence-corrected chi connectivity index (χ4v) is 2.94. The Labute approximate surface area is 114 Å². The van der Waals surface area contributed by atoms with Crippen LogP contribution in [0.3, 0.4) is 0 Å². The molecule has 1 aromatic heterocycles. The number of amides is 1. The maximum atomic E-state index is 13.0. The summed E-state index contributed by atoms with van der Waals surface area (Å²) in [5.41, 5.74) is 0.636. The van der Waals surface area contributed by atoms with Crippen LogP contribution in [0.5, 0.6) is 0 Å². The van der Waals surface area contributed by atoms with Crippen molar-refractivity contribution in [1.29, 1.82) is 0 Å². The van der Waals surface area contributed by atoms with Crippen molar-refractivity contribution in [2.75, 3.05) is 11.4 Å². The number of aromatic nitrogens is 2. The van der Waals surface area contributed by atoms with Gasteiger partial charge in [-0.25, -0.2) is 9.97 Å². The first-order chi connectivity index (χ1) is 9.47. The van der Waals surface area contributed by atoms with Gasteiger partial charge in [0.25, 0.3) is 0 Å². The molecule has 0 bridgehead atoms. The van der Waals surface area contributed by atoms with Gasteiger partial charge in [-0.15, -0.1) is 3.89 Å². The van der Waals surface area contributed by atoms with E-state index in [0.717, 1.165) is 0 Å². The molecule has 1 unspecified atom stereocenters. The van der Waals surface area contributed by atoms with Crippen LogP contribution in [-0.2, 0) is 15.0 Å². The highest BCUT2D eigenvalue weighted by atomic mass is 32.3. The summed E-state index contributed by atoms with van der Waals surface area (Å²) in [6.45, 7) is -0.224. The maximum absolute atomic E-state index is 13.0. The molecule has 8 heteroatoms. The zero-order valence-corrected chi connectivity index (χ0v) is 11.0. The molecule has 1 fully saturated rings. The molecule has 20 heavy (non-hydrogen) atoms. The van der Waals surface area contributed by atoms with Crippen LogP contribution < -0.4 is 4.90 Å². The number of hydrogen-bond donors (Lipinski definition) is 0. The second-order valence-corrected chi connectivity index (χ2v) is 6.14. The second-order valence-electron chi connectivity index (χ2n) is 4.52. The SMILES string of the molecule is O=C1CC(S(=O)(=O)F)CN1c1ncnc2ccccc12. The number of halogens is 1. The number of carbonyl (C=O) groups excluding carboxylic acids is 1. The number of carbonyl (C=O) groups is 1. The molecule has 2 aromatic rings. The standard InChI is InChI=1S/C12H10FN3O3S/c13-20(18,19)8-5-11(17)16(6-8)12-9-3-1-2-4-10(9)14-7-15-12/h1-4,7-8H,5-6H2. The molecule has 0 N–H and O–H groups in total. The van der Waals surface area contributed by atoms with Crippen LogP contribution in [0.15, 0.2) is 30.6 Å². The number of anilines is 1. The molecule has 2 heterocycles. The highest BCUT2D eigenvalue weighted by Gasteiger charge is 2.40. The fourth-order valence-electron chi connectivity index (χ4n) is 2.27. The predicted molar refractivity (Wildman–Crippen MR) is 70.3 cm³/mol. The van der Waals surface area contributed by atoms with Crippen molar-refractivity contribution in [2.24, 2.45) is 0 Å². The minimum Gasteiger partial charge on any atom is -0.295 e. The van der Waals surface area contributed by atoms with Crippen LogP contribution in [0.4, 0.5) is 9.70 Å². The van der Waals surface area contributed by atoms with E-state index < -0.39 is 21.4 Å². The van der Waals surface area contributed by atoms with Crippen LogP contribution in [0.25, 0.3) is 10.9 Å². The van der Waals surface area contributed by atoms with Gasteiger partial charge in [-0.2, -0.15) is 8.42 Å². The molecule has 1 aromatic carbocycles. The zero-order chi connectivity index (χ0) is 14.3. The molecule has 0 radical (unpaired) electrons. The van der Waals surface area contributed by atoms with Crippen molar-refractivity contribution in [3.8, 4) is 0 Å². The molecule has 6 nitrogen and oxygen atoms in total. The third-order valence-electron chi connectivity index (χ3n) is 3.27. The van der Waals surface area contributed by atoms with E-state index in [0.29, 0.717) is 16.7 Å². The third kappa shape index (κ3) is 2.11. The Bertz CT molecular complexity index is 788. The van der Waals surface area contributed by atoms with Crippen LogP contribution >= 0.6 is 0 Å². The van der Waals surface area contributed by atoms with Crippen LogP contribution in [0.2, 0.25) is 0 Å². The number of para-hydroxylation sites is 1. The quantitative estimate of drug-likeness (QED) is 0.773. The van der Waals surface area contributed by atoms with Crippen LogP contribution in [-0.4, -0.2) is 36.1 Å². The smallest absolute Gasteiger partial charge is 0.295 e. The number of rotatable bonds is 2. The molecular weight excluding hydrogens is 285 g/mol. The first-order valence-corrected chi connectivity index (χ1v) is 7.35. The Balaban J connectivity index is 2.06. The van der Waals surface area contributed by atoms with Gasteiger partial charge in [0.05, 0.1) is 5.52 Å². The molecule has 1 amide bonds. The van der Waals surface area contributed by atoms with Gasteiger partial charge < -0.3 is 0 Å². The molecule has 1 atom stereocenters. The normalized spacial score (nSPS) is 19.8. The third-order valence-corrected chi connectivity index (χ3v) is 4.38. The van der Waals surface area contributed by atoms with Gasteiger partial charge in [-0.3, -0.25) is 9.69 Å². The monoisotopic (exact) mass is 295 g/mol. The molecule has 0 saturated carbocycles. The predicted octanol–water partition coefficient (Wildman–Crippen LogP) is 1.03. The highest BCUT2D eigenvalue weighted by Crippen LogP contribution is 2.29. The molecule has 0 aliphatic carbocycles. The van der Waals surface area contributed by atoms with Gasteiger partial charge in [0.1, 0.15) is 17.4 Å². The summed E-state index contributed by atoms with van der Waals surface area (Å²) in [6, 6.07) is 7.04. The minimum absolute atomic E-state index is 0.224. The zero-order valence-electron chi connectivity index (χ0n) is 10.2. The van der Waals surface area contributed by atoms with Gasteiger partial charge in [0.15, 0.2) is 0 Å². The Morgan fingerprint density at radius 2 is 2.00 bits per heavy atom. The van der Waals surface area contributed by atoms with E-state index >= 15 is 0 Å². The summed E-state index contributed by atoms with van der Waals surface area (Å²) in [5.74, 6) is -0.146. The summed E-state index contributed by atoms with van der Waals surface area (Å²) < 4.78 is 34.9. The highest BCUT2D eigenvalue weighted by molar-refractivity contribution is 7.87. The van der Waals surface area contributed by atoms with Gasteiger partial charge >= 0.3 is 10.2 Å². The van der Waals surface area contributed by atoms with Gasteiger partial charge in [-0.1, -0.05) is 12.1 Å². The molecule has 1 saturated heterocycles. The van der Waals surface area contributed by atoms with E-state index in [1.807, 2.05) is 0 Å². The van der Waals surface area contributed by atoms with Crippen molar-refractivity contribution in [2.45, 2.75) is 11.7 Å². The molecule has 1 aliphatic heterocycles. The van der Waals surface area contributed by atoms with Gasteiger partial charge in [0.2, 0.25) is 5.91 Å². The molecule has 3 rings (SSSR count). The lowest BCUT2D eigenvalue weighted by Gasteiger charge is -2.16. The summed E-state index contributed by atoms with van der Waals surface area (Å²) in [5, 5.41) is -0.705. The summed E-state index contributed by atoms with van der Waals surface area (Å²) in [6.07, 6.45) is 0.930. The first-order valence-electron chi connectivity index (χ1n) is 5.90. The van der Waals surface area contributed by atoms with E-state index in [9.17, 15) is 17.1 Å². The first kappa shape index (κ1) is 12.9. The molecule has 0 spiro atoms. The number of hydrogen-bond acceptors (Lipinski definition) is 5. The van der Waals surface area contributed by atoms with E-state index in [4.69, 9.17) is 0 Å². The van der Waals surface area contributed by atoms with Gasteiger partial charge in [-0.05, 0) is 12.1 Å². The molecule has 104 valence electrons. The summed E-state index contributed by atoms with van der Waals surface area (Å²) in [7, 11) is -4.74. The summed E-state index contributed by atoms with van der Waals surface area (Å²) >= 11 is 0. The fraction of sp³-hybridized carbons (Fsp3) is 0.250. The van der Waals surface area contributed by atoms with Crippen molar-refractivity contribution in [3.05, 3.63) is 30.6 Å². The Kier molecular flexibility index (Phi) is 2.89. The Morgan fingerprint density at radius 1 is 1.25 bits per heavy atom. The Morgan fingerprint density at radius 3 is 2.70 bits per heavy atom. The lowest BCUT2D eigenvalue weighted by atomic mass is 10.2. The number of benzene rings is 1. The van der Waals surface area contributed by atoms with Crippen molar-refractivity contribution < 1.29 is 17.1 Å². The van der Waals surface area contributed by atoms with Crippen LogP contribution in [0, 0.1) is 0 Å². The Hall–Kier alpha value is -2.09. The number of nitrogens with zero attached hydrogens (tertiary/aromatic N) is 3. The van der Waals surface area contributed by atoms with E-state index in [2.05, 4.69) is 9.97 Å². The van der Waals surface area contributed by atoms with E-state index in [1.54, 1.807) is 24.3 Å². The number of fused-ring (bicyclic) bond motifs is 1. The minimum atomic E-state index is -4.74. The second kappa shape index (κ2) is 4.48. The molecular formula is C12H10FN3O3S. The van der Waals surface area contributed by atoms with Crippen molar-refractivity contribution >= 4 is 32.9 Å². The topological polar surface area (TPSA) is 80.2 Å². The van der Waals surface area contributed by atoms with E-state index in [1.165, 1.54) is 11.2 Å².